The number of amides is 2. The number of nitrogens with one attached hydrogen (secondary N) is 2. The highest BCUT2D eigenvalue weighted by Gasteiger charge is 2.46. The Morgan fingerprint density at radius 1 is 1.32 bits per heavy atom. The zero-order valence-corrected chi connectivity index (χ0v) is 11.7. The van der Waals surface area contributed by atoms with Crippen molar-refractivity contribution in [3.05, 3.63) is 23.5 Å². The third-order valence-electron chi connectivity index (χ3n) is 4.63. The van der Waals surface area contributed by atoms with E-state index in [0.717, 1.165) is 39.0 Å². The van der Waals surface area contributed by atoms with Gasteiger partial charge in [0, 0.05) is 31.5 Å². The van der Waals surface area contributed by atoms with E-state index in [1.165, 1.54) is 11.4 Å². The molecule has 5 nitrogen and oxygen atoms in total. The molecule has 3 heterocycles. The molecular weight excluding hydrogens is 240 g/mol. The van der Waals surface area contributed by atoms with E-state index in [0.29, 0.717) is 0 Å². The number of fused-ring (bicyclic) bond motifs is 2. The molecule has 0 aromatic carbocycles. The Hall–Kier alpha value is -1.49. The van der Waals surface area contributed by atoms with E-state index in [1.807, 2.05) is 4.90 Å². The number of aromatic nitrogens is 1. The van der Waals surface area contributed by atoms with Crippen LogP contribution in [0.25, 0.3) is 0 Å². The standard InChI is InChI=1S/C14H22N4O/c1-11-3-4-12-14(5-7-16-8-6-14)18(13(19)15-2)10-9-17(11)12/h3-4,16H,5-10H2,1-2H3,(H,15,19). The predicted octanol–water partition coefficient (Wildman–Crippen LogP) is 1.03. The van der Waals surface area contributed by atoms with Crippen LogP contribution in [-0.2, 0) is 12.1 Å². The van der Waals surface area contributed by atoms with Gasteiger partial charge in [0.15, 0.2) is 0 Å². The Morgan fingerprint density at radius 3 is 2.74 bits per heavy atom. The summed E-state index contributed by atoms with van der Waals surface area (Å²) < 4.78 is 2.38. The van der Waals surface area contributed by atoms with Crippen LogP contribution < -0.4 is 10.6 Å². The first kappa shape index (κ1) is 12.5. The zero-order chi connectivity index (χ0) is 13.5. The molecule has 1 saturated heterocycles. The van der Waals surface area contributed by atoms with Crippen molar-refractivity contribution in [2.24, 2.45) is 0 Å². The molecule has 0 radical (unpaired) electrons. The van der Waals surface area contributed by atoms with Crippen molar-refractivity contribution in [2.45, 2.75) is 31.8 Å². The minimum absolute atomic E-state index is 0.0482. The molecule has 0 bridgehead atoms. The minimum atomic E-state index is -0.127. The van der Waals surface area contributed by atoms with Crippen molar-refractivity contribution in [3.63, 3.8) is 0 Å². The molecule has 0 unspecified atom stereocenters. The van der Waals surface area contributed by atoms with Gasteiger partial charge in [-0.1, -0.05) is 0 Å². The van der Waals surface area contributed by atoms with Gasteiger partial charge >= 0.3 is 6.03 Å². The molecule has 5 heteroatoms. The van der Waals surface area contributed by atoms with Gasteiger partial charge in [0.25, 0.3) is 0 Å². The second kappa shape index (κ2) is 4.56. The largest absolute Gasteiger partial charge is 0.345 e. The average molecular weight is 262 g/mol. The van der Waals surface area contributed by atoms with Crippen molar-refractivity contribution >= 4 is 6.03 Å². The number of urea groups is 1. The van der Waals surface area contributed by atoms with Gasteiger partial charge in [-0.25, -0.2) is 4.79 Å². The summed E-state index contributed by atoms with van der Waals surface area (Å²) in [7, 11) is 1.72. The molecule has 2 N–H and O–H groups in total. The molecule has 2 aliphatic heterocycles. The van der Waals surface area contributed by atoms with Crippen LogP contribution >= 0.6 is 0 Å². The molecule has 2 amide bonds. The van der Waals surface area contributed by atoms with Gasteiger partial charge in [-0.05, 0) is 45.0 Å². The lowest BCUT2D eigenvalue weighted by Crippen LogP contribution is -2.60. The highest BCUT2D eigenvalue weighted by Crippen LogP contribution is 2.40. The molecule has 0 saturated carbocycles. The van der Waals surface area contributed by atoms with E-state index in [2.05, 4.69) is 34.3 Å². The number of nitrogens with zero attached hydrogens (tertiary/aromatic N) is 2. The summed E-state index contributed by atoms with van der Waals surface area (Å²) in [5, 5.41) is 6.20. The van der Waals surface area contributed by atoms with Gasteiger partial charge in [0.1, 0.15) is 0 Å². The van der Waals surface area contributed by atoms with Crippen molar-refractivity contribution in [1.29, 1.82) is 0 Å². The Labute approximate surface area is 114 Å². The van der Waals surface area contributed by atoms with Crippen molar-refractivity contribution in [1.82, 2.24) is 20.1 Å². The van der Waals surface area contributed by atoms with Crippen LogP contribution in [0.15, 0.2) is 12.1 Å². The molecule has 19 heavy (non-hydrogen) atoms. The lowest BCUT2D eigenvalue weighted by atomic mass is 9.82. The Bertz CT molecular complexity index is 488. The highest BCUT2D eigenvalue weighted by atomic mass is 16.2. The van der Waals surface area contributed by atoms with Crippen LogP contribution in [-0.4, -0.2) is 42.2 Å². The summed E-state index contributed by atoms with van der Waals surface area (Å²) in [6, 6.07) is 4.43. The number of carbonyl (C=O) groups is 1. The van der Waals surface area contributed by atoms with Crippen LogP contribution in [0.4, 0.5) is 4.79 Å². The van der Waals surface area contributed by atoms with Gasteiger partial charge in [0.05, 0.1) is 5.54 Å². The van der Waals surface area contributed by atoms with Gasteiger partial charge in [0.2, 0.25) is 0 Å². The molecular formula is C14H22N4O. The molecule has 1 spiro atoms. The second-order valence-electron chi connectivity index (χ2n) is 5.50. The van der Waals surface area contributed by atoms with Crippen molar-refractivity contribution < 1.29 is 4.79 Å². The van der Waals surface area contributed by atoms with Gasteiger partial charge in [-0.15, -0.1) is 0 Å². The Kier molecular flexibility index (Phi) is 3.01. The number of aryl methyl sites for hydroxylation is 1. The normalized spacial score (nSPS) is 21.3. The Morgan fingerprint density at radius 2 is 2.05 bits per heavy atom. The molecule has 1 fully saturated rings. The molecule has 104 valence electrons. The number of hydrogen-bond acceptors (Lipinski definition) is 2. The first-order chi connectivity index (χ1) is 9.19. The van der Waals surface area contributed by atoms with E-state index in [-0.39, 0.29) is 11.6 Å². The summed E-state index contributed by atoms with van der Waals surface area (Å²) in [6.07, 6.45) is 1.98. The lowest BCUT2D eigenvalue weighted by Gasteiger charge is -2.50. The third-order valence-corrected chi connectivity index (χ3v) is 4.63. The number of hydrogen-bond donors (Lipinski definition) is 2. The Balaban J connectivity index is 2.07. The topological polar surface area (TPSA) is 49.3 Å². The van der Waals surface area contributed by atoms with Gasteiger partial charge in [-0.3, -0.25) is 0 Å². The molecule has 1 aromatic rings. The van der Waals surface area contributed by atoms with Crippen LogP contribution in [0, 0.1) is 6.92 Å². The SMILES string of the molecule is CNC(=O)N1CCn2c(C)ccc2C12CCNCC2. The fraction of sp³-hybridized carbons (Fsp3) is 0.643. The summed E-state index contributed by atoms with van der Waals surface area (Å²) in [5.74, 6) is 0. The second-order valence-corrected chi connectivity index (χ2v) is 5.50. The van der Waals surface area contributed by atoms with Gasteiger partial charge < -0.3 is 20.1 Å². The maximum Gasteiger partial charge on any atom is 0.317 e. The van der Waals surface area contributed by atoms with Crippen molar-refractivity contribution in [2.75, 3.05) is 26.7 Å². The number of carbonyl (C=O) groups excluding carboxylic acids is 1. The summed E-state index contributed by atoms with van der Waals surface area (Å²) >= 11 is 0. The van der Waals surface area contributed by atoms with Crippen LogP contribution in [0.1, 0.15) is 24.2 Å². The first-order valence-corrected chi connectivity index (χ1v) is 7.06. The summed E-state index contributed by atoms with van der Waals surface area (Å²) in [5.41, 5.74) is 2.48. The van der Waals surface area contributed by atoms with E-state index in [4.69, 9.17) is 0 Å². The van der Waals surface area contributed by atoms with E-state index in [9.17, 15) is 4.79 Å². The summed E-state index contributed by atoms with van der Waals surface area (Å²) in [4.78, 5) is 14.3. The summed E-state index contributed by atoms with van der Waals surface area (Å²) in [6.45, 7) is 5.78. The van der Waals surface area contributed by atoms with Crippen molar-refractivity contribution in [3.8, 4) is 0 Å². The average Bonchev–Trinajstić information content (AvgIpc) is 2.82. The van der Waals surface area contributed by atoms with Crippen LogP contribution in [0.3, 0.4) is 0 Å². The quantitative estimate of drug-likeness (QED) is 0.733. The minimum Gasteiger partial charge on any atom is -0.345 e. The first-order valence-electron chi connectivity index (χ1n) is 7.06. The molecule has 0 atom stereocenters. The van der Waals surface area contributed by atoms with Crippen LogP contribution in [0.5, 0.6) is 0 Å². The molecule has 2 aliphatic rings. The maximum absolute atomic E-state index is 12.2. The fourth-order valence-electron chi connectivity index (χ4n) is 3.62. The highest BCUT2D eigenvalue weighted by molar-refractivity contribution is 5.75. The number of rotatable bonds is 0. The van der Waals surface area contributed by atoms with Gasteiger partial charge in [-0.2, -0.15) is 0 Å². The monoisotopic (exact) mass is 262 g/mol. The predicted molar refractivity (Wildman–Crippen MR) is 74.1 cm³/mol. The molecule has 0 aliphatic carbocycles. The molecule has 1 aromatic heterocycles. The lowest BCUT2D eigenvalue weighted by molar-refractivity contribution is 0.0552. The fourth-order valence-corrected chi connectivity index (χ4v) is 3.62. The van der Waals surface area contributed by atoms with Crippen LogP contribution in [0.2, 0.25) is 0 Å². The number of piperidine rings is 1. The van der Waals surface area contributed by atoms with E-state index < -0.39 is 0 Å². The maximum atomic E-state index is 12.2. The zero-order valence-electron chi connectivity index (χ0n) is 11.7. The third kappa shape index (κ3) is 1.75. The smallest absolute Gasteiger partial charge is 0.317 e. The van der Waals surface area contributed by atoms with E-state index in [1.54, 1.807) is 7.05 Å². The molecule has 3 rings (SSSR count). The van der Waals surface area contributed by atoms with E-state index >= 15 is 0 Å².